The van der Waals surface area contributed by atoms with Gasteiger partial charge in [-0.05, 0) is 50.6 Å². The van der Waals surface area contributed by atoms with Crippen LogP contribution in [0.2, 0.25) is 0 Å². The van der Waals surface area contributed by atoms with Gasteiger partial charge in [0.1, 0.15) is 16.9 Å². The minimum atomic E-state index is -0.953. The molecule has 1 aliphatic rings. The molecule has 1 unspecified atom stereocenters. The molecule has 2 aromatic heterocycles. The zero-order valence-electron chi connectivity index (χ0n) is 19.6. The number of rotatable bonds is 6. The number of para-hydroxylation sites is 1. The zero-order chi connectivity index (χ0) is 24.7. The first-order chi connectivity index (χ1) is 16.9. The third kappa shape index (κ3) is 4.02. The fraction of sp³-hybridized carbons (Fsp3) is 0.231. The van der Waals surface area contributed by atoms with Gasteiger partial charge in [-0.15, -0.1) is 21.5 Å². The third-order valence-corrected chi connectivity index (χ3v) is 7.54. The Kier molecular flexibility index (Phi) is 5.96. The number of fused-ring (bicyclic) bond motifs is 3. The van der Waals surface area contributed by atoms with Crippen molar-refractivity contribution in [2.24, 2.45) is 10.9 Å². The van der Waals surface area contributed by atoms with Gasteiger partial charge < -0.3 is 15.5 Å². The number of benzene rings is 2. The second kappa shape index (κ2) is 9.09. The zero-order valence-corrected chi connectivity index (χ0v) is 20.4. The highest BCUT2D eigenvalue weighted by Crippen LogP contribution is 2.41. The highest BCUT2D eigenvalue weighted by molar-refractivity contribution is 7.15. The van der Waals surface area contributed by atoms with Crippen molar-refractivity contribution in [3.8, 4) is 5.00 Å². The number of anilines is 2. The predicted octanol–water partition coefficient (Wildman–Crippen LogP) is 4.79. The van der Waals surface area contributed by atoms with Gasteiger partial charge >= 0.3 is 5.97 Å². The largest absolute Gasteiger partial charge is 0.481 e. The van der Waals surface area contributed by atoms with Crippen molar-refractivity contribution >= 4 is 34.4 Å². The molecule has 5 rings (SSSR count). The van der Waals surface area contributed by atoms with Gasteiger partial charge in [0.05, 0.1) is 18.2 Å². The first-order valence-corrected chi connectivity index (χ1v) is 12.1. The number of thiophene rings is 1. The Morgan fingerprint density at radius 3 is 2.43 bits per heavy atom. The van der Waals surface area contributed by atoms with E-state index in [4.69, 9.17) is 4.99 Å². The average molecular weight is 488 g/mol. The van der Waals surface area contributed by atoms with Crippen LogP contribution in [0.3, 0.4) is 0 Å². The predicted molar refractivity (Wildman–Crippen MR) is 136 cm³/mol. The molecule has 0 fully saturated rings. The van der Waals surface area contributed by atoms with Crippen molar-refractivity contribution < 1.29 is 15.0 Å². The standard InChI is InChI=1S/C26H25N5O3S/c1-14-20(13-32)35-25-21(14)23(17-9-11-19(12-10-17)27-18-7-5-4-6-8-18)28-22(15(2)26(33)34)24-30-29-16(3)31(24)25/h4-12,15,22,27,32H,13H2,1-3H3,(H,33,34)/t15?,22-/m0/s1. The number of carbonyl (C=O) groups is 1. The number of aliphatic hydroxyl groups is 1. The summed E-state index contributed by atoms with van der Waals surface area (Å²) in [5, 5.41) is 32.6. The summed E-state index contributed by atoms with van der Waals surface area (Å²) in [6.07, 6.45) is 0. The van der Waals surface area contributed by atoms with E-state index in [-0.39, 0.29) is 6.61 Å². The number of aliphatic hydroxyl groups excluding tert-OH is 1. The second-order valence-electron chi connectivity index (χ2n) is 8.55. The molecule has 0 saturated heterocycles. The number of nitrogens with zero attached hydrogens (tertiary/aromatic N) is 4. The van der Waals surface area contributed by atoms with Crippen LogP contribution in [-0.4, -0.2) is 36.7 Å². The van der Waals surface area contributed by atoms with Crippen molar-refractivity contribution in [3.05, 3.63) is 87.8 Å². The van der Waals surface area contributed by atoms with Crippen LogP contribution in [0.1, 0.15) is 46.2 Å². The molecular weight excluding hydrogens is 462 g/mol. The minimum Gasteiger partial charge on any atom is -0.481 e. The smallest absolute Gasteiger partial charge is 0.308 e. The number of carboxylic acids is 1. The van der Waals surface area contributed by atoms with E-state index in [9.17, 15) is 15.0 Å². The maximum absolute atomic E-state index is 12.0. The molecule has 0 bridgehead atoms. The van der Waals surface area contributed by atoms with Crippen molar-refractivity contribution in [2.45, 2.75) is 33.4 Å². The van der Waals surface area contributed by atoms with Crippen molar-refractivity contribution in [1.29, 1.82) is 0 Å². The maximum atomic E-state index is 12.0. The molecule has 9 heteroatoms. The number of aliphatic carboxylic acids is 1. The van der Waals surface area contributed by atoms with Crippen molar-refractivity contribution in [2.75, 3.05) is 5.32 Å². The van der Waals surface area contributed by atoms with Crippen LogP contribution in [-0.2, 0) is 11.4 Å². The summed E-state index contributed by atoms with van der Waals surface area (Å²) in [6, 6.07) is 17.1. The van der Waals surface area contributed by atoms with E-state index in [0.717, 1.165) is 37.9 Å². The first kappa shape index (κ1) is 22.9. The van der Waals surface area contributed by atoms with E-state index in [0.29, 0.717) is 17.4 Å². The molecule has 178 valence electrons. The monoisotopic (exact) mass is 487 g/mol. The van der Waals surface area contributed by atoms with E-state index in [2.05, 4.69) is 15.5 Å². The summed E-state index contributed by atoms with van der Waals surface area (Å²) in [5.41, 5.74) is 5.24. The molecule has 0 saturated carbocycles. The summed E-state index contributed by atoms with van der Waals surface area (Å²) in [6.45, 7) is 5.34. The summed E-state index contributed by atoms with van der Waals surface area (Å²) >= 11 is 1.45. The quantitative estimate of drug-likeness (QED) is 0.360. The van der Waals surface area contributed by atoms with Gasteiger partial charge in [0, 0.05) is 27.4 Å². The molecule has 0 radical (unpaired) electrons. The van der Waals surface area contributed by atoms with Crippen LogP contribution in [0.25, 0.3) is 5.00 Å². The van der Waals surface area contributed by atoms with Gasteiger partial charge in [-0.3, -0.25) is 14.4 Å². The highest BCUT2D eigenvalue weighted by atomic mass is 32.1. The van der Waals surface area contributed by atoms with Crippen LogP contribution >= 0.6 is 11.3 Å². The van der Waals surface area contributed by atoms with Crippen LogP contribution in [0, 0.1) is 19.8 Å². The molecule has 8 nitrogen and oxygen atoms in total. The van der Waals surface area contributed by atoms with Gasteiger partial charge in [0.2, 0.25) is 0 Å². The maximum Gasteiger partial charge on any atom is 0.308 e. The third-order valence-electron chi connectivity index (χ3n) is 6.28. The molecule has 2 aromatic carbocycles. The average Bonchev–Trinajstić information content (AvgIpc) is 3.35. The molecule has 35 heavy (non-hydrogen) atoms. The first-order valence-electron chi connectivity index (χ1n) is 11.3. The number of aryl methyl sites for hydroxylation is 1. The molecule has 1 aliphatic heterocycles. The lowest BCUT2D eigenvalue weighted by molar-refractivity contribution is -0.141. The highest BCUT2D eigenvalue weighted by Gasteiger charge is 2.36. The molecule has 2 atom stereocenters. The van der Waals surface area contributed by atoms with Crippen LogP contribution < -0.4 is 5.32 Å². The van der Waals surface area contributed by atoms with Gasteiger partial charge in [-0.25, -0.2) is 0 Å². The van der Waals surface area contributed by atoms with Gasteiger partial charge in [0.25, 0.3) is 0 Å². The Labute approximate surface area is 206 Å². The molecule has 3 heterocycles. The van der Waals surface area contributed by atoms with Crippen LogP contribution in [0.5, 0.6) is 0 Å². The van der Waals surface area contributed by atoms with E-state index >= 15 is 0 Å². The summed E-state index contributed by atoms with van der Waals surface area (Å²) in [7, 11) is 0. The van der Waals surface area contributed by atoms with E-state index in [1.165, 1.54) is 11.3 Å². The Morgan fingerprint density at radius 2 is 1.77 bits per heavy atom. The number of nitrogens with one attached hydrogen (secondary N) is 1. The fourth-order valence-corrected chi connectivity index (χ4v) is 5.52. The van der Waals surface area contributed by atoms with E-state index in [1.807, 2.05) is 73.0 Å². The van der Waals surface area contributed by atoms with Crippen molar-refractivity contribution in [1.82, 2.24) is 14.8 Å². The fourth-order valence-electron chi connectivity index (χ4n) is 4.30. The Bertz CT molecular complexity index is 1420. The number of aliphatic imine (C=N–C) groups is 1. The lowest BCUT2D eigenvalue weighted by Gasteiger charge is -2.16. The number of hydrogen-bond donors (Lipinski definition) is 3. The molecule has 3 N–H and O–H groups in total. The van der Waals surface area contributed by atoms with E-state index < -0.39 is 17.9 Å². The molecular formula is C26H25N5O3S. The Balaban J connectivity index is 1.66. The topological polar surface area (TPSA) is 113 Å². The van der Waals surface area contributed by atoms with E-state index in [1.54, 1.807) is 6.92 Å². The van der Waals surface area contributed by atoms with Gasteiger partial charge in [-0.2, -0.15) is 0 Å². The Morgan fingerprint density at radius 1 is 1.09 bits per heavy atom. The molecule has 0 aliphatic carbocycles. The summed E-state index contributed by atoms with van der Waals surface area (Å²) in [5.74, 6) is -0.626. The van der Waals surface area contributed by atoms with Crippen molar-refractivity contribution in [3.63, 3.8) is 0 Å². The minimum absolute atomic E-state index is 0.0951. The number of aromatic nitrogens is 3. The summed E-state index contributed by atoms with van der Waals surface area (Å²) in [4.78, 5) is 17.8. The summed E-state index contributed by atoms with van der Waals surface area (Å²) < 4.78 is 1.89. The van der Waals surface area contributed by atoms with Gasteiger partial charge in [-0.1, -0.05) is 30.3 Å². The van der Waals surface area contributed by atoms with Crippen LogP contribution in [0.4, 0.5) is 11.4 Å². The second-order valence-corrected chi connectivity index (χ2v) is 9.63. The molecule has 4 aromatic rings. The Hall–Kier alpha value is -3.82. The lowest BCUT2D eigenvalue weighted by Crippen LogP contribution is -2.21. The molecule has 0 amide bonds. The van der Waals surface area contributed by atoms with Crippen LogP contribution in [0.15, 0.2) is 59.6 Å². The SMILES string of the molecule is Cc1c(CO)sc2c1C(c1ccc(Nc3ccccc3)cc1)=N[C@@H](C(C)C(=O)O)c1nnc(C)n1-2. The van der Waals surface area contributed by atoms with Gasteiger partial charge in [0.15, 0.2) is 5.82 Å². The molecule has 0 spiro atoms. The normalized spacial score (nSPS) is 15.5. The number of hydrogen-bond acceptors (Lipinski definition) is 7. The number of carboxylic acid groups (broad SMARTS) is 1. The lowest BCUT2D eigenvalue weighted by atomic mass is 9.98.